The van der Waals surface area contributed by atoms with E-state index in [0.29, 0.717) is 22.8 Å². The Morgan fingerprint density at radius 1 is 1.05 bits per heavy atom. The van der Waals surface area contributed by atoms with Gasteiger partial charge in [-0.2, -0.15) is 0 Å². The molecule has 0 aliphatic carbocycles. The molecule has 0 N–H and O–H groups in total. The monoisotopic (exact) mass is 558 g/mol. The molecule has 0 radical (unpaired) electrons. The number of carbonyl (C=O) groups is 1. The van der Waals surface area contributed by atoms with Gasteiger partial charge < -0.3 is 24.1 Å². The number of ether oxygens (including phenoxy) is 3. The topological polar surface area (TPSA) is 150 Å². The molecule has 2 heterocycles. The third-order valence-electron chi connectivity index (χ3n) is 5.93. The first-order valence-corrected chi connectivity index (χ1v) is 13.9. The molecule has 38 heavy (non-hydrogen) atoms. The Balaban J connectivity index is 1.95. The number of carboxylic acids is 1. The number of benzene rings is 2. The van der Waals surface area contributed by atoms with Gasteiger partial charge in [-0.1, -0.05) is 0 Å². The number of aryl methyl sites for hydroxylation is 1. The maximum Gasteiger partial charge on any atom is 0.274 e. The molecule has 4 aromatic rings. The lowest BCUT2D eigenvalue weighted by atomic mass is 10.1. The van der Waals surface area contributed by atoms with Gasteiger partial charge in [-0.3, -0.25) is 9.19 Å². The number of carbonyl (C=O) groups excluding carboxylic acids is 1. The van der Waals surface area contributed by atoms with Crippen molar-refractivity contribution in [2.45, 2.75) is 29.7 Å². The minimum absolute atomic E-state index is 0.108. The number of hydrogen-bond acceptors (Lipinski definition) is 10. The Hall–Kier alpha value is -3.97. The molecule has 2 aromatic carbocycles. The van der Waals surface area contributed by atoms with E-state index in [1.165, 1.54) is 51.7 Å². The van der Waals surface area contributed by atoms with Crippen molar-refractivity contribution >= 4 is 37.8 Å². The molecular formula is C25H24N3O8S2-. The summed E-state index contributed by atoms with van der Waals surface area (Å²) in [4.78, 5) is 19.8. The molecule has 200 valence electrons. The summed E-state index contributed by atoms with van der Waals surface area (Å²) in [6.45, 7) is 3.60. The van der Waals surface area contributed by atoms with Crippen LogP contribution in [0.25, 0.3) is 11.0 Å². The SMILES string of the molecule is COc1ccc2c(c1)nc(S(=O)Cc1ncc(C)c(OC)c1C)n2S(=O)(=O)c1cc(C(=O)[O-])ccc1OC. The summed E-state index contributed by atoms with van der Waals surface area (Å²) < 4.78 is 58.5. The van der Waals surface area contributed by atoms with E-state index in [0.717, 1.165) is 15.6 Å². The number of carboxylic acid groups (broad SMARTS) is 1. The number of nitrogens with zero attached hydrogens (tertiary/aromatic N) is 3. The highest BCUT2D eigenvalue weighted by Crippen LogP contribution is 2.33. The second kappa shape index (κ2) is 10.4. The quantitative estimate of drug-likeness (QED) is 0.298. The zero-order valence-electron chi connectivity index (χ0n) is 21.2. The summed E-state index contributed by atoms with van der Waals surface area (Å²) in [6.07, 6.45) is 1.58. The van der Waals surface area contributed by atoms with E-state index < -0.39 is 31.7 Å². The van der Waals surface area contributed by atoms with Crippen molar-refractivity contribution in [3.63, 3.8) is 0 Å². The lowest BCUT2D eigenvalue weighted by molar-refractivity contribution is -0.255. The predicted octanol–water partition coefficient (Wildman–Crippen LogP) is 1.98. The molecule has 0 saturated carbocycles. The lowest BCUT2D eigenvalue weighted by Gasteiger charge is -2.15. The predicted molar refractivity (Wildman–Crippen MR) is 137 cm³/mol. The summed E-state index contributed by atoms with van der Waals surface area (Å²) in [7, 11) is -2.37. The average molecular weight is 559 g/mol. The fourth-order valence-corrected chi connectivity index (χ4v) is 7.26. The largest absolute Gasteiger partial charge is 0.545 e. The first-order chi connectivity index (χ1) is 18.0. The first-order valence-electron chi connectivity index (χ1n) is 11.1. The van der Waals surface area contributed by atoms with Gasteiger partial charge >= 0.3 is 0 Å². The van der Waals surface area contributed by atoms with Crippen molar-refractivity contribution in [1.82, 2.24) is 13.9 Å². The zero-order valence-corrected chi connectivity index (χ0v) is 22.8. The van der Waals surface area contributed by atoms with Crippen LogP contribution in [0.3, 0.4) is 0 Å². The van der Waals surface area contributed by atoms with Gasteiger partial charge in [0, 0.05) is 23.4 Å². The van der Waals surface area contributed by atoms with Gasteiger partial charge in [0.25, 0.3) is 10.0 Å². The number of hydrogen-bond donors (Lipinski definition) is 0. The highest BCUT2D eigenvalue weighted by molar-refractivity contribution is 7.91. The molecule has 11 nitrogen and oxygen atoms in total. The van der Waals surface area contributed by atoms with Crippen LogP contribution in [0.5, 0.6) is 17.2 Å². The Kier molecular flexibility index (Phi) is 7.42. The Morgan fingerprint density at radius 3 is 2.42 bits per heavy atom. The molecule has 0 aliphatic rings. The van der Waals surface area contributed by atoms with Gasteiger partial charge in [-0.25, -0.2) is 17.4 Å². The van der Waals surface area contributed by atoms with E-state index in [4.69, 9.17) is 14.2 Å². The fraction of sp³-hybridized carbons (Fsp3) is 0.240. The van der Waals surface area contributed by atoms with E-state index in [1.54, 1.807) is 13.1 Å². The van der Waals surface area contributed by atoms with E-state index >= 15 is 0 Å². The number of methoxy groups -OCH3 is 3. The molecule has 0 spiro atoms. The fourth-order valence-electron chi connectivity index (χ4n) is 4.03. The number of imidazole rings is 1. The molecule has 0 bridgehead atoms. The molecular weight excluding hydrogens is 534 g/mol. The Labute approximate surface area is 221 Å². The van der Waals surface area contributed by atoms with Gasteiger partial charge in [0.2, 0.25) is 5.16 Å². The summed E-state index contributed by atoms with van der Waals surface area (Å²) in [5, 5.41) is 11.2. The minimum atomic E-state index is -4.58. The van der Waals surface area contributed by atoms with Crippen LogP contribution < -0.4 is 19.3 Å². The van der Waals surface area contributed by atoms with Crippen molar-refractivity contribution in [3.05, 3.63) is 65.0 Å². The van der Waals surface area contributed by atoms with Crippen LogP contribution in [-0.2, 0) is 26.6 Å². The van der Waals surface area contributed by atoms with Gasteiger partial charge in [-0.05, 0) is 49.7 Å². The van der Waals surface area contributed by atoms with Crippen molar-refractivity contribution in [2.24, 2.45) is 0 Å². The highest BCUT2D eigenvalue weighted by atomic mass is 32.2. The van der Waals surface area contributed by atoms with Gasteiger partial charge in [0.1, 0.15) is 22.1 Å². The molecule has 0 fully saturated rings. The second-order valence-electron chi connectivity index (χ2n) is 8.21. The van der Waals surface area contributed by atoms with Crippen LogP contribution in [0.15, 0.2) is 52.6 Å². The van der Waals surface area contributed by atoms with Gasteiger partial charge in [0.15, 0.2) is 0 Å². The molecule has 1 atom stereocenters. The summed E-state index contributed by atoms with van der Waals surface area (Å²) in [6, 6.07) is 7.82. The number of fused-ring (bicyclic) bond motifs is 1. The number of aromatic nitrogens is 3. The minimum Gasteiger partial charge on any atom is -0.545 e. The van der Waals surface area contributed by atoms with Crippen LogP contribution in [0.4, 0.5) is 0 Å². The summed E-state index contributed by atoms with van der Waals surface area (Å²) >= 11 is 0. The molecule has 0 saturated heterocycles. The maximum atomic E-state index is 14.0. The van der Waals surface area contributed by atoms with Gasteiger partial charge in [0.05, 0.1) is 60.6 Å². The van der Waals surface area contributed by atoms with Crippen molar-refractivity contribution < 1.29 is 36.7 Å². The van der Waals surface area contributed by atoms with Crippen molar-refractivity contribution in [1.29, 1.82) is 0 Å². The van der Waals surface area contributed by atoms with Gasteiger partial charge in [-0.15, -0.1) is 0 Å². The number of rotatable bonds is 9. The zero-order chi connectivity index (χ0) is 27.8. The summed E-state index contributed by atoms with van der Waals surface area (Å²) in [5.74, 6) is -0.837. The van der Waals surface area contributed by atoms with Crippen LogP contribution in [0.1, 0.15) is 27.2 Å². The van der Waals surface area contributed by atoms with Crippen molar-refractivity contribution in [2.75, 3.05) is 21.3 Å². The van der Waals surface area contributed by atoms with E-state index in [-0.39, 0.29) is 33.3 Å². The molecule has 4 rings (SSSR count). The third-order valence-corrected chi connectivity index (χ3v) is 8.99. The number of aromatic carboxylic acids is 1. The van der Waals surface area contributed by atoms with Crippen LogP contribution in [0.2, 0.25) is 0 Å². The second-order valence-corrected chi connectivity index (χ2v) is 11.3. The molecule has 0 amide bonds. The lowest BCUT2D eigenvalue weighted by Crippen LogP contribution is -2.23. The average Bonchev–Trinajstić information content (AvgIpc) is 3.30. The Morgan fingerprint density at radius 2 is 1.79 bits per heavy atom. The van der Waals surface area contributed by atoms with Crippen LogP contribution in [-0.4, -0.2) is 53.9 Å². The first kappa shape index (κ1) is 27.1. The van der Waals surface area contributed by atoms with Crippen LogP contribution >= 0.6 is 0 Å². The highest BCUT2D eigenvalue weighted by Gasteiger charge is 2.31. The number of pyridine rings is 1. The van der Waals surface area contributed by atoms with E-state index in [1.807, 2.05) is 6.92 Å². The van der Waals surface area contributed by atoms with E-state index in [2.05, 4.69) is 9.97 Å². The molecule has 1 unspecified atom stereocenters. The maximum absolute atomic E-state index is 14.0. The summed E-state index contributed by atoms with van der Waals surface area (Å²) in [5.41, 5.74) is 1.84. The molecule has 2 aromatic heterocycles. The van der Waals surface area contributed by atoms with Crippen LogP contribution in [0, 0.1) is 13.8 Å². The standard InChI is InChI=1S/C25H25N3O8S2/c1-14-12-26-19(15(2)23(14)36-5)13-37(31)25-27-18-11-17(34-3)7-8-20(18)28(25)38(32,33)22-10-16(24(29)30)6-9-21(22)35-4/h6-12H,13H2,1-5H3,(H,29,30)/p-1. The normalized spacial score (nSPS) is 12.3. The molecule has 13 heteroatoms. The van der Waals surface area contributed by atoms with E-state index in [9.17, 15) is 22.5 Å². The molecule has 0 aliphatic heterocycles. The smallest absolute Gasteiger partial charge is 0.274 e. The Bertz CT molecular complexity index is 1700. The third kappa shape index (κ3) is 4.70. The van der Waals surface area contributed by atoms with Crippen molar-refractivity contribution in [3.8, 4) is 17.2 Å².